The Morgan fingerprint density at radius 1 is 1.18 bits per heavy atom. The maximum absolute atomic E-state index is 12.3. The number of unbranched alkanes of at least 4 members (excludes halogenated alkanes) is 4. The Balaban J connectivity index is 1.86. The number of allylic oxidation sites excluding steroid dienone is 1. The molecule has 2 N–H and O–H groups in total. The van der Waals surface area contributed by atoms with Crippen LogP contribution < -0.4 is 0 Å². The van der Waals surface area contributed by atoms with Crippen LogP contribution in [0.5, 0.6) is 0 Å². The van der Waals surface area contributed by atoms with Gasteiger partial charge in [-0.25, -0.2) is 0 Å². The Hall–Kier alpha value is -1.20. The van der Waals surface area contributed by atoms with Crippen molar-refractivity contribution in [3.63, 3.8) is 0 Å². The minimum Gasteiger partial charge on any atom is -0.481 e. The lowest BCUT2D eigenvalue weighted by atomic mass is 9.52. The Bertz CT molecular complexity index is 555. The first-order valence-corrected chi connectivity index (χ1v) is 11.1. The van der Waals surface area contributed by atoms with Crippen LogP contribution in [-0.4, -0.2) is 40.8 Å². The van der Waals surface area contributed by atoms with Crippen molar-refractivity contribution in [2.24, 2.45) is 11.8 Å². The summed E-state index contributed by atoms with van der Waals surface area (Å²) in [5.74, 6) is -0.151. The summed E-state index contributed by atoms with van der Waals surface area (Å²) in [5.41, 5.74) is 0.825. The number of Topliss-reactive ketones (excluding diaryl/α,β-unsaturated/α-hetero) is 1. The third-order valence-corrected chi connectivity index (χ3v) is 6.83. The van der Waals surface area contributed by atoms with Gasteiger partial charge in [0.1, 0.15) is 5.78 Å². The van der Waals surface area contributed by atoms with Crippen molar-refractivity contribution in [2.45, 2.75) is 102 Å². The van der Waals surface area contributed by atoms with E-state index in [1.807, 2.05) is 6.08 Å². The van der Waals surface area contributed by atoms with Gasteiger partial charge in [-0.1, -0.05) is 38.7 Å². The lowest BCUT2D eigenvalue weighted by Gasteiger charge is -2.58. The number of hydrogen-bond acceptors (Lipinski definition) is 4. The van der Waals surface area contributed by atoms with Gasteiger partial charge in [0.25, 0.3) is 0 Å². The van der Waals surface area contributed by atoms with E-state index in [9.17, 15) is 14.7 Å². The second-order valence-electron chi connectivity index (χ2n) is 8.58. The average Bonchev–Trinajstić information content (AvgIpc) is 2.65. The Labute approximate surface area is 169 Å². The number of ketones is 1. The summed E-state index contributed by atoms with van der Waals surface area (Å²) in [7, 11) is 1.72. The molecular formula is C23H38O5. The molecule has 5 nitrogen and oxygen atoms in total. The highest BCUT2D eigenvalue weighted by Crippen LogP contribution is 2.57. The SMILES string of the molecule is CCCCCCCC(=O)CC[C@H]1[C@H](O)CC[C@]2(OC)C(=CCCC(=O)O)C[C@H]12. The van der Waals surface area contributed by atoms with E-state index in [2.05, 4.69) is 6.92 Å². The lowest BCUT2D eigenvalue weighted by molar-refractivity contribution is -0.154. The van der Waals surface area contributed by atoms with Gasteiger partial charge in [-0.15, -0.1) is 0 Å². The zero-order valence-electron chi connectivity index (χ0n) is 17.6. The van der Waals surface area contributed by atoms with E-state index in [-0.39, 0.29) is 30.0 Å². The highest BCUT2D eigenvalue weighted by atomic mass is 16.5. The van der Waals surface area contributed by atoms with E-state index in [1.54, 1.807) is 7.11 Å². The van der Waals surface area contributed by atoms with Gasteiger partial charge in [0.2, 0.25) is 0 Å². The molecule has 0 saturated heterocycles. The first-order chi connectivity index (χ1) is 13.4. The number of aliphatic carboxylic acids is 1. The summed E-state index contributed by atoms with van der Waals surface area (Å²) in [6, 6.07) is 0. The van der Waals surface area contributed by atoms with Crippen molar-refractivity contribution in [3.8, 4) is 0 Å². The number of ether oxygens (including phenoxy) is 1. The Morgan fingerprint density at radius 2 is 1.93 bits per heavy atom. The van der Waals surface area contributed by atoms with Crippen LogP contribution in [-0.2, 0) is 14.3 Å². The second-order valence-corrected chi connectivity index (χ2v) is 8.58. The van der Waals surface area contributed by atoms with Crippen LogP contribution in [0.2, 0.25) is 0 Å². The normalized spacial score (nSPS) is 30.7. The van der Waals surface area contributed by atoms with Crippen molar-refractivity contribution in [1.82, 2.24) is 0 Å². The fraction of sp³-hybridized carbons (Fsp3) is 0.826. The maximum atomic E-state index is 12.3. The number of methoxy groups -OCH3 is 1. The van der Waals surface area contributed by atoms with Crippen molar-refractivity contribution in [3.05, 3.63) is 11.6 Å². The molecular weight excluding hydrogens is 356 g/mol. The largest absolute Gasteiger partial charge is 0.481 e. The number of aliphatic hydroxyl groups is 1. The summed E-state index contributed by atoms with van der Waals surface area (Å²) in [6.07, 6.45) is 12.3. The molecule has 4 atom stereocenters. The van der Waals surface area contributed by atoms with Crippen molar-refractivity contribution >= 4 is 11.8 Å². The van der Waals surface area contributed by atoms with Crippen molar-refractivity contribution in [2.75, 3.05) is 7.11 Å². The first kappa shape index (κ1) is 23.1. The monoisotopic (exact) mass is 394 g/mol. The molecule has 0 radical (unpaired) electrons. The summed E-state index contributed by atoms with van der Waals surface area (Å²) in [5, 5.41) is 19.4. The third kappa shape index (κ3) is 5.66. The summed E-state index contributed by atoms with van der Waals surface area (Å²) < 4.78 is 5.92. The number of carboxylic acid groups (broad SMARTS) is 1. The average molecular weight is 395 g/mol. The Morgan fingerprint density at radius 3 is 2.61 bits per heavy atom. The number of fused-ring (bicyclic) bond motifs is 1. The van der Waals surface area contributed by atoms with Crippen LogP contribution >= 0.6 is 0 Å². The molecule has 160 valence electrons. The molecule has 0 aromatic rings. The molecule has 0 unspecified atom stereocenters. The number of carboxylic acids is 1. The minimum absolute atomic E-state index is 0.0920. The molecule has 0 bridgehead atoms. The van der Waals surface area contributed by atoms with Gasteiger partial charge in [-0.2, -0.15) is 0 Å². The number of carbonyl (C=O) groups is 2. The molecule has 5 heteroatoms. The molecule has 2 aliphatic carbocycles. The molecule has 0 spiro atoms. The quantitative estimate of drug-likeness (QED) is 0.350. The number of rotatable bonds is 13. The van der Waals surface area contributed by atoms with E-state index in [1.165, 1.54) is 24.8 Å². The summed E-state index contributed by atoms with van der Waals surface area (Å²) >= 11 is 0. The van der Waals surface area contributed by atoms with Gasteiger partial charge in [-0.3, -0.25) is 9.59 Å². The van der Waals surface area contributed by atoms with Gasteiger partial charge in [0, 0.05) is 32.3 Å². The van der Waals surface area contributed by atoms with Gasteiger partial charge in [0.05, 0.1) is 11.7 Å². The molecule has 2 saturated carbocycles. The zero-order valence-corrected chi connectivity index (χ0v) is 17.6. The zero-order chi connectivity index (χ0) is 20.6. The van der Waals surface area contributed by atoms with E-state index in [4.69, 9.17) is 9.84 Å². The van der Waals surface area contributed by atoms with E-state index in [0.29, 0.717) is 31.5 Å². The number of aliphatic hydroxyl groups excluding tert-OH is 1. The van der Waals surface area contributed by atoms with E-state index < -0.39 is 5.97 Å². The van der Waals surface area contributed by atoms with Crippen LogP contribution in [0.25, 0.3) is 0 Å². The summed E-state index contributed by atoms with van der Waals surface area (Å²) in [6.45, 7) is 2.19. The van der Waals surface area contributed by atoms with Crippen LogP contribution in [0.15, 0.2) is 11.6 Å². The van der Waals surface area contributed by atoms with Crippen molar-refractivity contribution < 1.29 is 24.5 Å². The van der Waals surface area contributed by atoms with Crippen LogP contribution in [0, 0.1) is 11.8 Å². The summed E-state index contributed by atoms with van der Waals surface area (Å²) in [4.78, 5) is 23.0. The molecule has 0 aliphatic heterocycles. The van der Waals surface area contributed by atoms with Crippen LogP contribution in [0.3, 0.4) is 0 Å². The highest BCUT2D eigenvalue weighted by molar-refractivity contribution is 5.78. The van der Waals surface area contributed by atoms with Crippen LogP contribution in [0.1, 0.15) is 90.4 Å². The van der Waals surface area contributed by atoms with Gasteiger partial charge >= 0.3 is 5.97 Å². The first-order valence-electron chi connectivity index (χ1n) is 11.1. The molecule has 2 fully saturated rings. The molecule has 2 rings (SSSR count). The molecule has 0 amide bonds. The van der Waals surface area contributed by atoms with Gasteiger partial charge < -0.3 is 14.9 Å². The van der Waals surface area contributed by atoms with Gasteiger partial charge in [-0.05, 0) is 50.0 Å². The predicted molar refractivity (Wildman–Crippen MR) is 109 cm³/mol. The minimum atomic E-state index is -0.788. The molecule has 0 aromatic heterocycles. The third-order valence-electron chi connectivity index (χ3n) is 6.83. The Kier molecular flexibility index (Phi) is 9.16. The highest BCUT2D eigenvalue weighted by Gasteiger charge is 2.58. The number of carbonyl (C=O) groups excluding carboxylic acids is 1. The van der Waals surface area contributed by atoms with Crippen LogP contribution in [0.4, 0.5) is 0 Å². The standard InChI is InChI=1S/C23H38O5/c1-3-4-5-6-7-10-18(24)12-13-19-20-16-17(9-8-11-22(26)27)23(20,28-2)15-14-21(19)25/h9,19-21,25H,3-8,10-16H2,1-2H3,(H,26,27)/t19-,20-,21-,23+/m1/s1. The molecule has 2 aliphatic rings. The lowest BCUT2D eigenvalue weighted by Crippen LogP contribution is -2.59. The topological polar surface area (TPSA) is 83.8 Å². The smallest absolute Gasteiger partial charge is 0.303 e. The molecule has 28 heavy (non-hydrogen) atoms. The van der Waals surface area contributed by atoms with Crippen molar-refractivity contribution in [1.29, 1.82) is 0 Å². The van der Waals surface area contributed by atoms with E-state index >= 15 is 0 Å². The fourth-order valence-corrected chi connectivity index (χ4v) is 5.15. The second kappa shape index (κ2) is 11.1. The predicted octanol–water partition coefficient (Wildman–Crippen LogP) is 4.66. The maximum Gasteiger partial charge on any atom is 0.303 e. The van der Waals surface area contributed by atoms with E-state index in [0.717, 1.165) is 32.1 Å². The number of hydrogen-bond donors (Lipinski definition) is 2. The fourth-order valence-electron chi connectivity index (χ4n) is 5.15. The molecule has 0 heterocycles. The molecule has 0 aromatic carbocycles. The van der Waals surface area contributed by atoms with Gasteiger partial charge in [0.15, 0.2) is 0 Å².